The summed E-state index contributed by atoms with van der Waals surface area (Å²) in [5.41, 5.74) is 1.26. The van der Waals surface area contributed by atoms with Crippen LogP contribution in [0.15, 0.2) is 34.4 Å². The summed E-state index contributed by atoms with van der Waals surface area (Å²) in [5, 5.41) is 17.5. The van der Waals surface area contributed by atoms with Gasteiger partial charge in [0.2, 0.25) is 0 Å². The Balaban J connectivity index is 0.00000341. The first-order valence-corrected chi connectivity index (χ1v) is 12.6. The third-order valence-electron chi connectivity index (χ3n) is 5.40. The number of hydrogen-bond donors (Lipinski definition) is 2. The van der Waals surface area contributed by atoms with Crippen molar-refractivity contribution in [2.75, 3.05) is 25.9 Å². The molecule has 31 heavy (non-hydrogen) atoms. The standard InChI is InChI=1S/C22H33ClN6S.HI/c1-3-24-21(26-16-14-17-10-12-18(23)13-11-17)25-15-6-9-20-27-28-22(30-2)29(20)19-7-4-5-8-19;/h10-13,19H,3-9,14-16H2,1-2H3,(H2,24,25,26);1H. The van der Waals surface area contributed by atoms with E-state index in [-0.39, 0.29) is 24.0 Å². The molecule has 0 saturated heterocycles. The largest absolute Gasteiger partial charge is 0.357 e. The van der Waals surface area contributed by atoms with Gasteiger partial charge in [0.05, 0.1) is 0 Å². The van der Waals surface area contributed by atoms with Gasteiger partial charge in [0.1, 0.15) is 5.82 Å². The number of nitrogens with one attached hydrogen (secondary N) is 2. The summed E-state index contributed by atoms with van der Waals surface area (Å²) in [5.74, 6) is 1.98. The number of aromatic nitrogens is 3. The number of hydrogen-bond acceptors (Lipinski definition) is 4. The fraction of sp³-hybridized carbons (Fsp3) is 0.591. The van der Waals surface area contributed by atoms with Crippen molar-refractivity contribution < 1.29 is 0 Å². The molecule has 1 aliphatic carbocycles. The second-order valence-electron chi connectivity index (χ2n) is 7.58. The van der Waals surface area contributed by atoms with Gasteiger partial charge in [0.25, 0.3) is 0 Å². The molecule has 0 atom stereocenters. The lowest BCUT2D eigenvalue weighted by Crippen LogP contribution is -2.38. The molecule has 1 fully saturated rings. The van der Waals surface area contributed by atoms with Gasteiger partial charge >= 0.3 is 0 Å². The van der Waals surface area contributed by atoms with E-state index in [1.54, 1.807) is 11.8 Å². The molecule has 0 unspecified atom stereocenters. The van der Waals surface area contributed by atoms with Crippen LogP contribution in [0.5, 0.6) is 0 Å². The Labute approximate surface area is 212 Å². The van der Waals surface area contributed by atoms with Gasteiger partial charge in [-0.2, -0.15) is 0 Å². The zero-order chi connectivity index (χ0) is 21.2. The van der Waals surface area contributed by atoms with Crippen LogP contribution < -0.4 is 10.6 Å². The third kappa shape index (κ3) is 8.13. The number of aliphatic imine (C=N–C) groups is 1. The number of benzene rings is 1. The van der Waals surface area contributed by atoms with Crippen molar-refractivity contribution in [1.82, 2.24) is 25.4 Å². The molecule has 0 bridgehead atoms. The van der Waals surface area contributed by atoms with E-state index in [0.717, 1.165) is 60.9 Å². The smallest absolute Gasteiger partial charge is 0.191 e. The van der Waals surface area contributed by atoms with Gasteiger partial charge in [-0.1, -0.05) is 48.3 Å². The van der Waals surface area contributed by atoms with Gasteiger partial charge in [-0.15, -0.1) is 34.2 Å². The normalized spacial score (nSPS) is 14.5. The highest BCUT2D eigenvalue weighted by Gasteiger charge is 2.23. The maximum atomic E-state index is 5.95. The van der Waals surface area contributed by atoms with E-state index in [9.17, 15) is 0 Å². The van der Waals surface area contributed by atoms with E-state index in [2.05, 4.69) is 50.7 Å². The van der Waals surface area contributed by atoms with E-state index in [0.29, 0.717) is 6.04 Å². The minimum atomic E-state index is 0. The lowest BCUT2D eigenvalue weighted by molar-refractivity contribution is 0.461. The van der Waals surface area contributed by atoms with Crippen LogP contribution in [0.3, 0.4) is 0 Å². The van der Waals surface area contributed by atoms with Gasteiger partial charge in [0.15, 0.2) is 11.1 Å². The Hall–Kier alpha value is -1.000. The summed E-state index contributed by atoms with van der Waals surface area (Å²) in [6.45, 7) is 4.53. The number of nitrogens with zero attached hydrogens (tertiary/aromatic N) is 4. The quantitative estimate of drug-likeness (QED) is 0.135. The predicted octanol–water partition coefficient (Wildman–Crippen LogP) is 5.12. The van der Waals surface area contributed by atoms with Gasteiger partial charge in [-0.3, -0.25) is 4.99 Å². The Morgan fingerprint density at radius 2 is 1.90 bits per heavy atom. The second-order valence-corrected chi connectivity index (χ2v) is 8.79. The first-order chi connectivity index (χ1) is 14.7. The molecular formula is C22H34ClIN6S. The molecule has 172 valence electrons. The van der Waals surface area contributed by atoms with Gasteiger partial charge < -0.3 is 15.2 Å². The summed E-state index contributed by atoms with van der Waals surface area (Å²) in [7, 11) is 0. The molecule has 6 nitrogen and oxygen atoms in total. The monoisotopic (exact) mass is 576 g/mol. The van der Waals surface area contributed by atoms with Gasteiger partial charge in [-0.05, 0) is 56.6 Å². The van der Waals surface area contributed by atoms with E-state index in [1.807, 2.05) is 12.1 Å². The number of aryl methyl sites for hydroxylation is 1. The van der Waals surface area contributed by atoms with Gasteiger partial charge in [0, 0.05) is 37.1 Å². The molecule has 1 heterocycles. The highest BCUT2D eigenvalue weighted by molar-refractivity contribution is 14.0. The zero-order valence-electron chi connectivity index (χ0n) is 18.4. The molecule has 3 rings (SSSR count). The fourth-order valence-electron chi connectivity index (χ4n) is 3.89. The first-order valence-electron chi connectivity index (χ1n) is 11.0. The summed E-state index contributed by atoms with van der Waals surface area (Å²) >= 11 is 7.65. The highest BCUT2D eigenvalue weighted by Crippen LogP contribution is 2.33. The van der Waals surface area contributed by atoms with E-state index in [4.69, 9.17) is 16.6 Å². The lowest BCUT2D eigenvalue weighted by Gasteiger charge is -2.16. The minimum Gasteiger partial charge on any atom is -0.357 e. The van der Waals surface area contributed by atoms with Crippen LogP contribution in [0, 0.1) is 0 Å². The van der Waals surface area contributed by atoms with Crippen molar-refractivity contribution in [3.63, 3.8) is 0 Å². The van der Waals surface area contributed by atoms with Crippen LogP contribution in [0.1, 0.15) is 56.5 Å². The minimum absolute atomic E-state index is 0. The molecule has 0 spiro atoms. The predicted molar refractivity (Wildman–Crippen MR) is 142 cm³/mol. The molecule has 2 N–H and O–H groups in total. The molecule has 0 aliphatic heterocycles. The molecule has 1 aromatic carbocycles. The van der Waals surface area contributed by atoms with E-state index in [1.165, 1.54) is 31.2 Å². The van der Waals surface area contributed by atoms with E-state index < -0.39 is 0 Å². The van der Waals surface area contributed by atoms with Crippen molar-refractivity contribution in [2.24, 2.45) is 4.99 Å². The average Bonchev–Trinajstić information content (AvgIpc) is 3.41. The van der Waals surface area contributed by atoms with Crippen molar-refractivity contribution in [3.8, 4) is 0 Å². The number of thioether (sulfide) groups is 1. The van der Waals surface area contributed by atoms with Crippen LogP contribution >= 0.6 is 47.3 Å². The first kappa shape index (κ1) is 26.3. The third-order valence-corrected chi connectivity index (χ3v) is 6.30. The van der Waals surface area contributed by atoms with Crippen molar-refractivity contribution >= 4 is 53.3 Å². The summed E-state index contributed by atoms with van der Waals surface area (Å²) < 4.78 is 2.39. The molecule has 1 aromatic heterocycles. The Morgan fingerprint density at radius 3 is 2.58 bits per heavy atom. The van der Waals surface area contributed by atoms with Gasteiger partial charge in [-0.25, -0.2) is 0 Å². The highest BCUT2D eigenvalue weighted by atomic mass is 127. The van der Waals surface area contributed by atoms with Crippen LogP contribution in [0.4, 0.5) is 0 Å². The second kappa shape index (κ2) is 14.2. The molecular weight excluding hydrogens is 543 g/mol. The molecule has 0 radical (unpaired) electrons. The topological polar surface area (TPSA) is 67.1 Å². The zero-order valence-corrected chi connectivity index (χ0v) is 22.3. The molecule has 2 aromatic rings. The molecule has 0 amide bonds. The summed E-state index contributed by atoms with van der Waals surface area (Å²) in [6.07, 6.45) is 10.0. The van der Waals surface area contributed by atoms with Crippen molar-refractivity contribution in [1.29, 1.82) is 0 Å². The van der Waals surface area contributed by atoms with Crippen LogP contribution in [0.2, 0.25) is 5.02 Å². The maximum Gasteiger partial charge on any atom is 0.191 e. The SMILES string of the molecule is CCNC(=NCCCc1nnc(SC)n1C1CCCC1)NCCc1ccc(Cl)cc1.I. The Kier molecular flexibility index (Phi) is 12.0. The number of halogens is 2. The Morgan fingerprint density at radius 1 is 1.16 bits per heavy atom. The van der Waals surface area contributed by atoms with Crippen LogP contribution in [-0.4, -0.2) is 46.6 Å². The lowest BCUT2D eigenvalue weighted by atomic mass is 10.1. The van der Waals surface area contributed by atoms with Crippen molar-refractivity contribution in [3.05, 3.63) is 40.7 Å². The molecule has 1 saturated carbocycles. The van der Waals surface area contributed by atoms with Crippen LogP contribution in [0.25, 0.3) is 0 Å². The Bertz CT molecular complexity index is 805. The van der Waals surface area contributed by atoms with E-state index >= 15 is 0 Å². The van der Waals surface area contributed by atoms with Crippen LogP contribution in [-0.2, 0) is 12.8 Å². The average molecular weight is 577 g/mol. The number of guanidine groups is 1. The summed E-state index contributed by atoms with van der Waals surface area (Å²) in [6, 6.07) is 8.58. The maximum absolute atomic E-state index is 5.95. The number of rotatable bonds is 10. The van der Waals surface area contributed by atoms with Crippen molar-refractivity contribution in [2.45, 2.75) is 63.1 Å². The fourth-order valence-corrected chi connectivity index (χ4v) is 4.59. The molecule has 1 aliphatic rings. The molecule has 9 heteroatoms. The summed E-state index contributed by atoms with van der Waals surface area (Å²) in [4.78, 5) is 4.74.